The summed E-state index contributed by atoms with van der Waals surface area (Å²) in [4.78, 5) is 0. The molecule has 4 rings (SSSR count). The maximum atomic E-state index is 13.2. The van der Waals surface area contributed by atoms with Gasteiger partial charge < -0.3 is 4.57 Å². The number of rotatable bonds is 3. The first-order valence-corrected chi connectivity index (χ1v) is 7.91. The molecule has 0 fully saturated rings. The molecule has 0 aliphatic carbocycles. The summed E-state index contributed by atoms with van der Waals surface area (Å²) in [5.74, 6) is -0.219. The monoisotopic (exact) mass is 313 g/mol. The number of hydrogen-bond acceptors (Lipinski definition) is 0. The summed E-state index contributed by atoms with van der Waals surface area (Å²) in [6.07, 6.45) is 7.84. The molecule has 0 bridgehead atoms. The van der Waals surface area contributed by atoms with Crippen molar-refractivity contribution >= 4 is 34.1 Å². The molecule has 0 aliphatic rings. The Morgan fingerprint density at radius 2 is 1.38 bits per heavy atom. The van der Waals surface area contributed by atoms with Crippen LogP contribution in [0, 0.1) is 5.82 Å². The molecule has 0 amide bonds. The highest BCUT2D eigenvalue weighted by Gasteiger charge is 2.06. The third kappa shape index (κ3) is 2.63. The van der Waals surface area contributed by atoms with Crippen molar-refractivity contribution in [1.29, 1.82) is 0 Å². The fourth-order valence-electron chi connectivity index (χ4n) is 3.03. The smallest absolute Gasteiger partial charge is 0.123 e. The van der Waals surface area contributed by atoms with Gasteiger partial charge >= 0.3 is 0 Å². The summed E-state index contributed by atoms with van der Waals surface area (Å²) in [6, 6.07) is 23.3. The van der Waals surface area contributed by atoms with Crippen molar-refractivity contribution in [3.05, 3.63) is 96.3 Å². The topological polar surface area (TPSA) is 4.93 Å². The lowest BCUT2D eigenvalue weighted by atomic mass is 10.2. The average molecular weight is 313 g/mol. The Hall–Kier alpha value is -3.13. The third-order valence-electron chi connectivity index (χ3n) is 4.10. The minimum absolute atomic E-state index is 0.219. The van der Waals surface area contributed by atoms with Crippen LogP contribution in [0.3, 0.4) is 0 Å². The lowest BCUT2D eigenvalue weighted by Crippen LogP contribution is -1.84. The van der Waals surface area contributed by atoms with E-state index in [0.717, 1.165) is 5.56 Å². The van der Waals surface area contributed by atoms with Crippen LogP contribution in [0.5, 0.6) is 0 Å². The normalized spacial score (nSPS) is 12.0. The van der Waals surface area contributed by atoms with Gasteiger partial charge in [0.05, 0.1) is 11.0 Å². The molecule has 4 aromatic rings. The number of benzene rings is 3. The predicted molar refractivity (Wildman–Crippen MR) is 100 cm³/mol. The third-order valence-corrected chi connectivity index (χ3v) is 4.10. The first-order chi connectivity index (χ1) is 11.8. The number of para-hydroxylation sites is 2. The Morgan fingerprint density at radius 3 is 2.04 bits per heavy atom. The van der Waals surface area contributed by atoms with Crippen LogP contribution < -0.4 is 0 Å². The predicted octanol–water partition coefficient (Wildman–Crippen LogP) is 6.12. The van der Waals surface area contributed by atoms with Crippen LogP contribution in [0.4, 0.5) is 4.39 Å². The highest BCUT2D eigenvalue weighted by atomic mass is 19.1. The van der Waals surface area contributed by atoms with E-state index in [-0.39, 0.29) is 5.82 Å². The second-order valence-electron chi connectivity index (χ2n) is 5.66. The standard InChI is InChI=1S/C22H16FN/c23-18-10-7-9-17(16-18)8-5-6-15-24-21-13-3-1-11-19(21)20-12-2-4-14-22(20)24/h1-16H/b8-5+,15-6+. The highest BCUT2D eigenvalue weighted by molar-refractivity contribution is 6.09. The summed E-state index contributed by atoms with van der Waals surface area (Å²) in [7, 11) is 0. The highest BCUT2D eigenvalue weighted by Crippen LogP contribution is 2.28. The Kier molecular flexibility index (Phi) is 3.72. The molecule has 1 nitrogen and oxygen atoms in total. The van der Waals surface area contributed by atoms with Gasteiger partial charge in [0, 0.05) is 17.0 Å². The van der Waals surface area contributed by atoms with Gasteiger partial charge in [-0.15, -0.1) is 0 Å². The number of halogens is 1. The fourth-order valence-corrected chi connectivity index (χ4v) is 3.03. The van der Waals surface area contributed by atoms with Gasteiger partial charge in [0.2, 0.25) is 0 Å². The lowest BCUT2D eigenvalue weighted by molar-refractivity contribution is 0.627. The summed E-state index contributed by atoms with van der Waals surface area (Å²) in [5, 5.41) is 2.48. The summed E-state index contributed by atoms with van der Waals surface area (Å²) in [5.41, 5.74) is 3.20. The summed E-state index contributed by atoms with van der Waals surface area (Å²) >= 11 is 0. The van der Waals surface area contributed by atoms with Gasteiger partial charge in [-0.05, 0) is 35.9 Å². The number of fused-ring (bicyclic) bond motifs is 3. The van der Waals surface area contributed by atoms with Crippen molar-refractivity contribution in [2.24, 2.45) is 0 Å². The molecule has 0 N–H and O–H groups in total. The molecule has 1 heterocycles. The molecule has 0 saturated heterocycles. The van der Waals surface area contributed by atoms with Gasteiger partial charge in [-0.2, -0.15) is 0 Å². The largest absolute Gasteiger partial charge is 0.316 e. The lowest BCUT2D eigenvalue weighted by Gasteiger charge is -1.99. The van der Waals surface area contributed by atoms with Crippen LogP contribution >= 0.6 is 0 Å². The first-order valence-electron chi connectivity index (χ1n) is 7.91. The number of nitrogens with zero attached hydrogens (tertiary/aromatic N) is 1. The van der Waals surface area contributed by atoms with E-state index in [0.29, 0.717) is 0 Å². The van der Waals surface area contributed by atoms with Crippen molar-refractivity contribution in [1.82, 2.24) is 4.57 Å². The van der Waals surface area contributed by atoms with E-state index in [4.69, 9.17) is 0 Å². The first kappa shape index (κ1) is 14.5. The van der Waals surface area contributed by atoms with Crippen molar-refractivity contribution in [2.75, 3.05) is 0 Å². The molecular weight excluding hydrogens is 297 g/mol. The van der Waals surface area contributed by atoms with Crippen molar-refractivity contribution in [2.45, 2.75) is 0 Å². The SMILES string of the molecule is Fc1cccc(/C=C/C=C/n2c3ccccc3c3ccccc32)c1. The van der Waals surface area contributed by atoms with Gasteiger partial charge in [-0.25, -0.2) is 4.39 Å². The van der Waals surface area contributed by atoms with Gasteiger partial charge in [-0.3, -0.25) is 0 Å². The van der Waals surface area contributed by atoms with Crippen molar-refractivity contribution < 1.29 is 4.39 Å². The maximum Gasteiger partial charge on any atom is 0.123 e. The van der Waals surface area contributed by atoms with Crippen LogP contribution in [0.25, 0.3) is 34.1 Å². The molecule has 0 radical (unpaired) electrons. The molecule has 24 heavy (non-hydrogen) atoms. The van der Waals surface area contributed by atoms with E-state index in [1.165, 1.54) is 33.9 Å². The van der Waals surface area contributed by atoms with E-state index >= 15 is 0 Å². The molecule has 2 heteroatoms. The van der Waals surface area contributed by atoms with E-state index in [1.54, 1.807) is 6.07 Å². The Labute approximate surface area is 140 Å². The van der Waals surface area contributed by atoms with E-state index in [1.807, 2.05) is 42.6 Å². The summed E-state index contributed by atoms with van der Waals surface area (Å²) < 4.78 is 15.4. The second kappa shape index (κ2) is 6.17. The van der Waals surface area contributed by atoms with Gasteiger partial charge in [0.25, 0.3) is 0 Å². The van der Waals surface area contributed by atoms with Crippen molar-refractivity contribution in [3.63, 3.8) is 0 Å². The van der Waals surface area contributed by atoms with Gasteiger partial charge in [0.15, 0.2) is 0 Å². The fraction of sp³-hybridized carbons (Fsp3) is 0. The number of hydrogen-bond donors (Lipinski definition) is 0. The molecule has 0 saturated carbocycles. The van der Waals surface area contributed by atoms with Crippen LogP contribution in [-0.4, -0.2) is 4.57 Å². The Bertz CT molecular complexity index is 1020. The van der Waals surface area contributed by atoms with E-state index in [9.17, 15) is 4.39 Å². The molecule has 0 aliphatic heterocycles. The number of aromatic nitrogens is 1. The zero-order valence-corrected chi connectivity index (χ0v) is 13.1. The zero-order chi connectivity index (χ0) is 16.4. The van der Waals surface area contributed by atoms with Crippen LogP contribution in [0.2, 0.25) is 0 Å². The quantitative estimate of drug-likeness (QED) is 0.402. The Morgan fingerprint density at radius 1 is 0.708 bits per heavy atom. The maximum absolute atomic E-state index is 13.2. The molecule has 0 spiro atoms. The molecule has 116 valence electrons. The van der Waals surface area contributed by atoms with Crippen molar-refractivity contribution in [3.8, 4) is 0 Å². The van der Waals surface area contributed by atoms with Crippen LogP contribution in [-0.2, 0) is 0 Å². The molecule has 1 aromatic heterocycles. The van der Waals surface area contributed by atoms with Gasteiger partial charge in [0.1, 0.15) is 5.82 Å². The average Bonchev–Trinajstić information content (AvgIpc) is 2.93. The van der Waals surface area contributed by atoms with Crippen LogP contribution in [0.1, 0.15) is 5.56 Å². The van der Waals surface area contributed by atoms with E-state index < -0.39 is 0 Å². The minimum atomic E-state index is -0.219. The van der Waals surface area contributed by atoms with Crippen LogP contribution in [0.15, 0.2) is 84.9 Å². The number of allylic oxidation sites excluding steroid dienone is 2. The molecular formula is C22H16FN. The minimum Gasteiger partial charge on any atom is -0.316 e. The molecule has 3 aromatic carbocycles. The Balaban J connectivity index is 1.73. The zero-order valence-electron chi connectivity index (χ0n) is 13.1. The molecule has 0 unspecified atom stereocenters. The van der Waals surface area contributed by atoms with Gasteiger partial charge in [-0.1, -0.05) is 60.7 Å². The molecule has 0 atom stereocenters. The van der Waals surface area contributed by atoms with E-state index in [2.05, 4.69) is 41.0 Å². The summed E-state index contributed by atoms with van der Waals surface area (Å²) in [6.45, 7) is 0. The second-order valence-corrected chi connectivity index (χ2v) is 5.66.